The Labute approximate surface area is 124 Å². The molecule has 102 valence electrons. The second-order valence-corrected chi connectivity index (χ2v) is 5.25. The van der Waals surface area contributed by atoms with Crippen LogP contribution in [-0.4, -0.2) is 5.78 Å². The smallest absolute Gasteiger partial charge is 0.181 e. The minimum absolute atomic E-state index is 0.0258. The molecule has 0 unspecified atom stereocenters. The van der Waals surface area contributed by atoms with E-state index in [0.29, 0.717) is 15.6 Å². The van der Waals surface area contributed by atoms with Crippen molar-refractivity contribution < 1.29 is 4.79 Å². The Morgan fingerprint density at radius 1 is 1.26 bits per heavy atom. The molecule has 0 aliphatic heterocycles. The van der Waals surface area contributed by atoms with Crippen molar-refractivity contribution in [3.05, 3.63) is 52.0 Å². The molecule has 1 nitrogen and oxygen atoms in total. The number of ketones is 1. The van der Waals surface area contributed by atoms with E-state index in [1.165, 1.54) is 6.08 Å². The van der Waals surface area contributed by atoms with Crippen LogP contribution in [-0.2, 0) is 4.79 Å². The van der Waals surface area contributed by atoms with Gasteiger partial charge in [-0.2, -0.15) is 0 Å². The first kappa shape index (κ1) is 16.0. The first-order valence-electron chi connectivity index (χ1n) is 6.40. The molecule has 3 heteroatoms. The summed E-state index contributed by atoms with van der Waals surface area (Å²) < 4.78 is 0. The van der Waals surface area contributed by atoms with Crippen LogP contribution in [0, 0.1) is 0 Å². The molecule has 0 atom stereocenters. The highest BCUT2D eigenvalue weighted by molar-refractivity contribution is 6.42. The second kappa shape index (κ2) is 8.19. The zero-order chi connectivity index (χ0) is 14.3. The van der Waals surface area contributed by atoms with E-state index in [2.05, 4.69) is 13.5 Å². The Hall–Kier alpha value is -1.05. The predicted molar refractivity (Wildman–Crippen MR) is 83.8 cm³/mol. The molecule has 0 bridgehead atoms. The van der Waals surface area contributed by atoms with E-state index in [1.54, 1.807) is 18.2 Å². The first-order chi connectivity index (χ1) is 9.04. The maximum Gasteiger partial charge on any atom is 0.181 e. The highest BCUT2D eigenvalue weighted by atomic mass is 35.5. The summed E-state index contributed by atoms with van der Waals surface area (Å²) in [5.41, 5.74) is 1.51. The van der Waals surface area contributed by atoms with E-state index >= 15 is 0 Å². The van der Waals surface area contributed by atoms with Crippen molar-refractivity contribution in [3.63, 3.8) is 0 Å². The maximum absolute atomic E-state index is 11.8. The first-order valence-corrected chi connectivity index (χ1v) is 7.15. The van der Waals surface area contributed by atoms with Gasteiger partial charge in [-0.1, -0.05) is 61.7 Å². The van der Waals surface area contributed by atoms with Gasteiger partial charge in [-0.25, -0.2) is 0 Å². The minimum Gasteiger partial charge on any atom is -0.290 e. The molecule has 0 N–H and O–H groups in total. The molecule has 0 heterocycles. The molecule has 1 rings (SSSR count). The average Bonchev–Trinajstić information content (AvgIpc) is 2.40. The van der Waals surface area contributed by atoms with Crippen LogP contribution >= 0.6 is 23.2 Å². The molecule has 0 radical (unpaired) electrons. The summed E-state index contributed by atoms with van der Waals surface area (Å²) in [4.78, 5) is 11.8. The number of halogens is 2. The van der Waals surface area contributed by atoms with Crippen molar-refractivity contribution in [3.8, 4) is 0 Å². The normalized spacial score (nSPS) is 10.9. The van der Waals surface area contributed by atoms with Gasteiger partial charge in [0.2, 0.25) is 0 Å². The molecule has 0 aliphatic carbocycles. The van der Waals surface area contributed by atoms with Crippen molar-refractivity contribution in [2.45, 2.75) is 32.6 Å². The lowest BCUT2D eigenvalue weighted by molar-refractivity contribution is -0.111. The number of carbonyl (C=O) groups is 1. The fourth-order valence-corrected chi connectivity index (χ4v) is 1.92. The molecule has 0 aromatic heterocycles. The van der Waals surface area contributed by atoms with Crippen LogP contribution in [0.5, 0.6) is 0 Å². The molecular weight excluding hydrogens is 279 g/mol. The number of benzene rings is 1. The van der Waals surface area contributed by atoms with Gasteiger partial charge in [-0.05, 0) is 42.2 Å². The largest absolute Gasteiger partial charge is 0.290 e. The third-order valence-corrected chi connectivity index (χ3v) is 3.54. The SMILES string of the molecule is C=C(CCCCC)C(=O)/C=C/c1ccc(Cl)c(Cl)c1. The fourth-order valence-electron chi connectivity index (χ4n) is 1.62. The Morgan fingerprint density at radius 3 is 2.63 bits per heavy atom. The van der Waals surface area contributed by atoms with E-state index in [9.17, 15) is 4.79 Å². The number of unbranched alkanes of at least 4 members (excludes halogenated alkanes) is 2. The molecule has 0 amide bonds. The Morgan fingerprint density at radius 2 is 2.00 bits per heavy atom. The van der Waals surface area contributed by atoms with Gasteiger partial charge in [-0.15, -0.1) is 0 Å². The summed E-state index contributed by atoms with van der Waals surface area (Å²) in [7, 11) is 0. The second-order valence-electron chi connectivity index (χ2n) is 4.43. The van der Waals surface area contributed by atoms with Crippen LogP contribution in [0.2, 0.25) is 10.0 Å². The lowest BCUT2D eigenvalue weighted by Gasteiger charge is -2.01. The van der Waals surface area contributed by atoms with Gasteiger partial charge < -0.3 is 0 Å². The van der Waals surface area contributed by atoms with Crippen molar-refractivity contribution >= 4 is 35.1 Å². The topological polar surface area (TPSA) is 17.1 Å². The molecule has 1 aromatic rings. The quantitative estimate of drug-likeness (QED) is 0.465. The zero-order valence-electron chi connectivity index (χ0n) is 11.1. The average molecular weight is 297 g/mol. The Balaban J connectivity index is 2.57. The summed E-state index contributed by atoms with van der Waals surface area (Å²) in [5.74, 6) is -0.0258. The van der Waals surface area contributed by atoms with Crippen molar-refractivity contribution in [1.29, 1.82) is 0 Å². The van der Waals surface area contributed by atoms with Gasteiger partial charge in [0.05, 0.1) is 10.0 Å². The number of hydrogen-bond acceptors (Lipinski definition) is 1. The van der Waals surface area contributed by atoms with Crippen LogP contribution in [0.15, 0.2) is 36.4 Å². The van der Waals surface area contributed by atoms with Crippen LogP contribution in [0.1, 0.15) is 38.2 Å². The standard InChI is InChI=1S/C16H18Cl2O/c1-3-4-5-6-12(2)16(19)10-8-13-7-9-14(17)15(18)11-13/h7-11H,2-6H2,1H3/b10-8+. The van der Waals surface area contributed by atoms with Crippen molar-refractivity contribution in [1.82, 2.24) is 0 Å². The van der Waals surface area contributed by atoms with E-state index in [1.807, 2.05) is 6.07 Å². The molecule has 0 aliphatic rings. The Kier molecular flexibility index (Phi) is 6.90. The van der Waals surface area contributed by atoms with Crippen molar-refractivity contribution in [2.24, 2.45) is 0 Å². The van der Waals surface area contributed by atoms with Crippen LogP contribution in [0.4, 0.5) is 0 Å². The molecule has 0 fully saturated rings. The van der Waals surface area contributed by atoms with Gasteiger partial charge in [0, 0.05) is 0 Å². The van der Waals surface area contributed by atoms with E-state index in [0.717, 1.165) is 31.2 Å². The number of hydrogen-bond donors (Lipinski definition) is 0. The molecule has 0 spiro atoms. The van der Waals surface area contributed by atoms with Crippen LogP contribution in [0.25, 0.3) is 6.08 Å². The molecular formula is C16H18Cl2O. The number of rotatable bonds is 7. The summed E-state index contributed by atoms with van der Waals surface area (Å²) in [5, 5.41) is 0.993. The summed E-state index contributed by atoms with van der Waals surface area (Å²) in [6.45, 7) is 5.96. The van der Waals surface area contributed by atoms with Crippen LogP contribution in [0.3, 0.4) is 0 Å². The monoisotopic (exact) mass is 296 g/mol. The predicted octanol–water partition coefficient (Wildman–Crippen LogP) is 5.71. The maximum atomic E-state index is 11.8. The summed E-state index contributed by atoms with van der Waals surface area (Å²) in [6.07, 6.45) is 7.31. The highest BCUT2D eigenvalue weighted by Gasteiger charge is 2.03. The Bertz CT molecular complexity index is 490. The van der Waals surface area contributed by atoms with E-state index < -0.39 is 0 Å². The van der Waals surface area contributed by atoms with Gasteiger partial charge in [0.25, 0.3) is 0 Å². The van der Waals surface area contributed by atoms with Gasteiger partial charge in [-0.3, -0.25) is 4.79 Å². The molecule has 0 saturated heterocycles. The lowest BCUT2D eigenvalue weighted by Crippen LogP contribution is -1.96. The third kappa shape index (κ3) is 5.63. The minimum atomic E-state index is -0.0258. The highest BCUT2D eigenvalue weighted by Crippen LogP contribution is 2.23. The molecule has 1 aromatic carbocycles. The number of allylic oxidation sites excluding steroid dienone is 2. The van der Waals surface area contributed by atoms with Crippen molar-refractivity contribution in [2.75, 3.05) is 0 Å². The van der Waals surface area contributed by atoms with Gasteiger partial charge in [0.1, 0.15) is 0 Å². The number of carbonyl (C=O) groups excluding carboxylic acids is 1. The fraction of sp³-hybridized carbons (Fsp3) is 0.312. The molecule has 0 saturated carbocycles. The van der Waals surface area contributed by atoms with Crippen LogP contribution < -0.4 is 0 Å². The zero-order valence-corrected chi connectivity index (χ0v) is 12.6. The van der Waals surface area contributed by atoms with Gasteiger partial charge >= 0.3 is 0 Å². The molecule has 19 heavy (non-hydrogen) atoms. The lowest BCUT2D eigenvalue weighted by atomic mass is 10.0. The summed E-state index contributed by atoms with van der Waals surface area (Å²) in [6, 6.07) is 5.26. The van der Waals surface area contributed by atoms with E-state index in [-0.39, 0.29) is 5.78 Å². The van der Waals surface area contributed by atoms with Gasteiger partial charge in [0.15, 0.2) is 5.78 Å². The third-order valence-electron chi connectivity index (χ3n) is 2.80. The van der Waals surface area contributed by atoms with E-state index in [4.69, 9.17) is 23.2 Å². The summed E-state index contributed by atoms with van der Waals surface area (Å²) >= 11 is 11.7.